The summed E-state index contributed by atoms with van der Waals surface area (Å²) in [6, 6.07) is 0. The molecule has 0 aliphatic heterocycles. The number of ether oxygens (including phenoxy) is 1. The van der Waals surface area contributed by atoms with Crippen LogP contribution < -0.4 is 10.6 Å². The summed E-state index contributed by atoms with van der Waals surface area (Å²) in [6.45, 7) is 7.38. The second kappa shape index (κ2) is 6.70. The summed E-state index contributed by atoms with van der Waals surface area (Å²) in [5.41, 5.74) is -0.276. The van der Waals surface area contributed by atoms with E-state index in [0.29, 0.717) is 18.5 Å². The Morgan fingerprint density at radius 3 is 2.50 bits per heavy atom. The van der Waals surface area contributed by atoms with Gasteiger partial charge in [-0.1, -0.05) is 6.92 Å². The molecular weight excluding hydrogens is 254 g/mol. The van der Waals surface area contributed by atoms with Gasteiger partial charge in [0.25, 0.3) is 0 Å². The lowest BCUT2D eigenvalue weighted by Gasteiger charge is -2.25. The highest BCUT2D eigenvalue weighted by Crippen LogP contribution is 2.14. The van der Waals surface area contributed by atoms with Crippen molar-refractivity contribution in [3.63, 3.8) is 0 Å². The number of aromatic nitrogens is 3. The lowest BCUT2D eigenvalue weighted by molar-refractivity contribution is 0.158. The number of nitrogens with zero attached hydrogens (tertiary/aromatic N) is 3. The summed E-state index contributed by atoms with van der Waals surface area (Å²) in [6.07, 6.45) is 0.987. The van der Waals surface area contributed by atoms with E-state index in [2.05, 4.69) is 32.5 Å². The molecule has 2 N–H and O–H groups in total. The highest BCUT2D eigenvalue weighted by molar-refractivity contribution is 6.28. The molecule has 0 aliphatic carbocycles. The van der Waals surface area contributed by atoms with Gasteiger partial charge in [0.1, 0.15) is 0 Å². The number of hydrogen-bond donors (Lipinski definition) is 2. The Hall–Kier alpha value is -1.14. The molecule has 1 rings (SSSR count). The van der Waals surface area contributed by atoms with Crippen molar-refractivity contribution in [2.45, 2.75) is 32.7 Å². The van der Waals surface area contributed by atoms with Crippen LogP contribution in [0.25, 0.3) is 0 Å². The van der Waals surface area contributed by atoms with Gasteiger partial charge in [0.05, 0.1) is 12.1 Å². The molecule has 0 fully saturated rings. The standard InChI is InChI=1S/C11H20ClN5O/c1-5-6-13-9-14-8(12)15-10(16-9)17-11(2,3)7-18-4/h5-7H2,1-4H3,(H2,13,14,15,16,17). The molecule has 1 aromatic heterocycles. The average molecular weight is 274 g/mol. The third kappa shape index (κ3) is 5.01. The zero-order chi connectivity index (χ0) is 13.6. The van der Waals surface area contributed by atoms with E-state index in [1.165, 1.54) is 0 Å². The highest BCUT2D eigenvalue weighted by Gasteiger charge is 2.19. The second-order valence-electron chi connectivity index (χ2n) is 4.62. The average Bonchev–Trinajstić information content (AvgIpc) is 2.24. The van der Waals surface area contributed by atoms with Crippen LogP contribution in [0.15, 0.2) is 0 Å². The number of rotatable bonds is 7. The van der Waals surface area contributed by atoms with Gasteiger partial charge in [0.15, 0.2) is 0 Å². The zero-order valence-corrected chi connectivity index (χ0v) is 12.0. The van der Waals surface area contributed by atoms with E-state index in [-0.39, 0.29) is 10.8 Å². The quantitative estimate of drug-likeness (QED) is 0.793. The van der Waals surface area contributed by atoms with Gasteiger partial charge >= 0.3 is 0 Å². The molecule has 102 valence electrons. The Balaban J connectivity index is 2.79. The van der Waals surface area contributed by atoms with Gasteiger partial charge in [-0.25, -0.2) is 0 Å². The second-order valence-corrected chi connectivity index (χ2v) is 4.96. The van der Waals surface area contributed by atoms with Crippen molar-refractivity contribution in [1.82, 2.24) is 15.0 Å². The van der Waals surface area contributed by atoms with Crippen molar-refractivity contribution in [2.75, 3.05) is 30.9 Å². The fourth-order valence-electron chi connectivity index (χ4n) is 1.42. The summed E-state index contributed by atoms with van der Waals surface area (Å²) >= 11 is 5.86. The van der Waals surface area contributed by atoms with Crippen molar-refractivity contribution in [2.24, 2.45) is 0 Å². The largest absolute Gasteiger partial charge is 0.382 e. The van der Waals surface area contributed by atoms with Crippen LogP contribution in [0.3, 0.4) is 0 Å². The van der Waals surface area contributed by atoms with Gasteiger partial charge in [-0.15, -0.1) is 0 Å². The smallest absolute Gasteiger partial charge is 0.229 e. The molecule has 0 aromatic carbocycles. The normalized spacial score (nSPS) is 11.4. The van der Waals surface area contributed by atoms with Crippen molar-refractivity contribution in [1.29, 1.82) is 0 Å². The third-order valence-corrected chi connectivity index (χ3v) is 2.27. The first kappa shape index (κ1) is 14.9. The Morgan fingerprint density at radius 1 is 1.22 bits per heavy atom. The van der Waals surface area contributed by atoms with Crippen LogP contribution >= 0.6 is 11.6 Å². The zero-order valence-electron chi connectivity index (χ0n) is 11.2. The molecule has 0 atom stereocenters. The minimum Gasteiger partial charge on any atom is -0.382 e. The summed E-state index contributed by atoms with van der Waals surface area (Å²) in [7, 11) is 1.65. The molecule has 0 amide bonds. The van der Waals surface area contributed by atoms with Crippen LogP contribution in [0.1, 0.15) is 27.2 Å². The predicted molar refractivity (Wildman–Crippen MR) is 73.2 cm³/mol. The van der Waals surface area contributed by atoms with Crippen LogP contribution in [0.4, 0.5) is 11.9 Å². The first-order chi connectivity index (χ1) is 8.46. The lowest BCUT2D eigenvalue weighted by atomic mass is 10.1. The number of nitrogens with one attached hydrogen (secondary N) is 2. The van der Waals surface area contributed by atoms with Crippen molar-refractivity contribution in [3.8, 4) is 0 Å². The van der Waals surface area contributed by atoms with Crippen LogP contribution in [0.5, 0.6) is 0 Å². The molecule has 1 aromatic rings. The van der Waals surface area contributed by atoms with E-state index < -0.39 is 0 Å². The van der Waals surface area contributed by atoms with Crippen LogP contribution in [-0.4, -0.2) is 40.8 Å². The number of anilines is 2. The molecule has 1 heterocycles. The summed E-state index contributed by atoms with van der Waals surface area (Å²) in [5.74, 6) is 0.920. The van der Waals surface area contributed by atoms with Gasteiger partial charge in [0, 0.05) is 13.7 Å². The molecular formula is C11H20ClN5O. The highest BCUT2D eigenvalue weighted by atomic mass is 35.5. The Labute approximate surface area is 113 Å². The molecule has 0 spiro atoms. The Bertz CT molecular complexity index is 386. The van der Waals surface area contributed by atoms with E-state index in [1.807, 2.05) is 13.8 Å². The Morgan fingerprint density at radius 2 is 1.89 bits per heavy atom. The summed E-state index contributed by atoms with van der Waals surface area (Å²) in [5, 5.41) is 6.41. The molecule has 0 bridgehead atoms. The van der Waals surface area contributed by atoms with Crippen molar-refractivity contribution in [3.05, 3.63) is 5.28 Å². The minimum absolute atomic E-state index is 0.166. The SMILES string of the molecule is CCCNc1nc(Cl)nc(NC(C)(C)COC)n1. The van der Waals surface area contributed by atoms with Gasteiger partial charge in [-0.2, -0.15) is 15.0 Å². The van der Waals surface area contributed by atoms with E-state index in [9.17, 15) is 0 Å². The molecule has 7 heteroatoms. The van der Waals surface area contributed by atoms with Gasteiger partial charge in [0.2, 0.25) is 17.2 Å². The maximum atomic E-state index is 5.86. The van der Waals surface area contributed by atoms with E-state index >= 15 is 0 Å². The van der Waals surface area contributed by atoms with Gasteiger partial charge in [-0.3, -0.25) is 0 Å². The molecule has 6 nitrogen and oxygen atoms in total. The number of methoxy groups -OCH3 is 1. The fourth-order valence-corrected chi connectivity index (χ4v) is 1.58. The number of halogens is 1. The molecule has 18 heavy (non-hydrogen) atoms. The summed E-state index contributed by atoms with van der Waals surface area (Å²) in [4.78, 5) is 12.3. The third-order valence-electron chi connectivity index (χ3n) is 2.10. The lowest BCUT2D eigenvalue weighted by Crippen LogP contribution is -2.36. The van der Waals surface area contributed by atoms with Gasteiger partial charge < -0.3 is 15.4 Å². The van der Waals surface area contributed by atoms with Crippen LogP contribution in [0, 0.1) is 0 Å². The maximum Gasteiger partial charge on any atom is 0.229 e. The molecule has 0 saturated heterocycles. The Kier molecular flexibility index (Phi) is 5.55. The van der Waals surface area contributed by atoms with Crippen LogP contribution in [-0.2, 0) is 4.74 Å². The van der Waals surface area contributed by atoms with Gasteiger partial charge in [-0.05, 0) is 31.9 Å². The monoisotopic (exact) mass is 273 g/mol. The molecule has 0 unspecified atom stereocenters. The molecule has 0 aliphatic rings. The van der Waals surface area contributed by atoms with E-state index in [0.717, 1.165) is 13.0 Å². The molecule has 0 radical (unpaired) electrons. The first-order valence-electron chi connectivity index (χ1n) is 5.89. The van der Waals surface area contributed by atoms with Crippen molar-refractivity contribution < 1.29 is 4.74 Å². The first-order valence-corrected chi connectivity index (χ1v) is 6.27. The fraction of sp³-hybridized carbons (Fsp3) is 0.727. The number of hydrogen-bond acceptors (Lipinski definition) is 6. The summed E-state index contributed by atoms with van der Waals surface area (Å²) < 4.78 is 5.12. The molecule has 0 saturated carbocycles. The van der Waals surface area contributed by atoms with E-state index in [4.69, 9.17) is 16.3 Å². The maximum absolute atomic E-state index is 5.86. The van der Waals surface area contributed by atoms with Crippen LogP contribution in [0.2, 0.25) is 5.28 Å². The topological polar surface area (TPSA) is 72.0 Å². The van der Waals surface area contributed by atoms with Crippen molar-refractivity contribution >= 4 is 23.5 Å². The minimum atomic E-state index is -0.276. The predicted octanol–water partition coefficient (Wildman–Crippen LogP) is 2.18. The van der Waals surface area contributed by atoms with E-state index in [1.54, 1.807) is 7.11 Å².